The lowest BCUT2D eigenvalue weighted by Gasteiger charge is -2.13. The summed E-state index contributed by atoms with van der Waals surface area (Å²) >= 11 is 21.1. The number of aryl methyl sites for hydroxylation is 2. The van der Waals surface area contributed by atoms with Crippen molar-refractivity contribution < 1.29 is 0 Å². The van der Waals surface area contributed by atoms with E-state index in [9.17, 15) is 0 Å². The SMILES string of the molecule is Cc1cc(C(Cl)(Cl)Cl)n2nc(C)c(Br)c2n1. The number of halogens is 4. The number of hydrogen-bond acceptors (Lipinski definition) is 2. The van der Waals surface area contributed by atoms with Gasteiger partial charge in [-0.15, -0.1) is 0 Å². The second-order valence-electron chi connectivity index (χ2n) is 3.42. The molecule has 0 amide bonds. The predicted molar refractivity (Wildman–Crippen MR) is 69.4 cm³/mol. The summed E-state index contributed by atoms with van der Waals surface area (Å²) in [5.41, 5.74) is 2.70. The largest absolute Gasteiger partial charge is 0.233 e. The molecule has 0 saturated carbocycles. The zero-order valence-corrected chi connectivity index (χ0v) is 12.3. The molecule has 0 aliphatic carbocycles. The molecule has 3 nitrogen and oxygen atoms in total. The van der Waals surface area contributed by atoms with Crippen molar-refractivity contribution in [2.45, 2.75) is 17.6 Å². The zero-order valence-electron chi connectivity index (χ0n) is 8.43. The summed E-state index contributed by atoms with van der Waals surface area (Å²) in [5, 5.41) is 4.27. The number of fused-ring (bicyclic) bond motifs is 1. The summed E-state index contributed by atoms with van der Waals surface area (Å²) in [7, 11) is 0. The Labute approximate surface area is 116 Å². The zero-order chi connectivity index (χ0) is 12.1. The Balaban J connectivity index is 2.89. The molecule has 0 aliphatic rings. The van der Waals surface area contributed by atoms with E-state index in [0.29, 0.717) is 11.3 Å². The van der Waals surface area contributed by atoms with Crippen LogP contribution in [0.25, 0.3) is 5.65 Å². The van der Waals surface area contributed by atoms with Crippen LogP contribution in [0.5, 0.6) is 0 Å². The van der Waals surface area contributed by atoms with Gasteiger partial charge in [-0.1, -0.05) is 34.8 Å². The molecule has 2 aromatic rings. The molecule has 2 rings (SSSR count). The molecule has 16 heavy (non-hydrogen) atoms. The van der Waals surface area contributed by atoms with Gasteiger partial charge >= 0.3 is 0 Å². The molecule has 0 atom stereocenters. The van der Waals surface area contributed by atoms with Crippen LogP contribution in [0.4, 0.5) is 0 Å². The van der Waals surface area contributed by atoms with Crippen LogP contribution in [0, 0.1) is 13.8 Å². The third-order valence-electron chi connectivity index (χ3n) is 2.11. The van der Waals surface area contributed by atoms with Crippen molar-refractivity contribution in [2.75, 3.05) is 0 Å². The van der Waals surface area contributed by atoms with Crippen molar-refractivity contribution in [3.63, 3.8) is 0 Å². The number of alkyl halides is 3. The Morgan fingerprint density at radius 1 is 1.31 bits per heavy atom. The van der Waals surface area contributed by atoms with E-state index in [-0.39, 0.29) is 0 Å². The predicted octanol–water partition coefficient (Wildman–Crippen LogP) is 3.94. The lowest BCUT2D eigenvalue weighted by atomic mass is 10.3. The first-order chi connectivity index (χ1) is 7.30. The molecule has 0 saturated heterocycles. The van der Waals surface area contributed by atoms with Crippen LogP contribution in [0.15, 0.2) is 10.5 Å². The van der Waals surface area contributed by atoms with Crippen molar-refractivity contribution in [1.29, 1.82) is 0 Å². The molecule has 0 spiro atoms. The van der Waals surface area contributed by atoms with Gasteiger partial charge in [0.25, 0.3) is 0 Å². The van der Waals surface area contributed by atoms with E-state index in [0.717, 1.165) is 15.9 Å². The van der Waals surface area contributed by atoms with Gasteiger partial charge in [-0.05, 0) is 35.8 Å². The fourth-order valence-electron chi connectivity index (χ4n) is 1.42. The van der Waals surface area contributed by atoms with E-state index in [2.05, 4.69) is 26.0 Å². The van der Waals surface area contributed by atoms with Gasteiger partial charge in [-0.25, -0.2) is 9.50 Å². The van der Waals surface area contributed by atoms with Crippen molar-refractivity contribution in [3.05, 3.63) is 27.6 Å². The molecule has 86 valence electrons. The maximum atomic E-state index is 5.90. The Bertz CT molecular complexity index is 559. The summed E-state index contributed by atoms with van der Waals surface area (Å²) in [6.45, 7) is 3.70. The smallest absolute Gasteiger partial charge is 0.232 e. The third-order valence-corrected chi connectivity index (χ3v) is 3.62. The molecule has 0 N–H and O–H groups in total. The highest BCUT2D eigenvalue weighted by Crippen LogP contribution is 2.39. The maximum Gasteiger partial charge on any atom is 0.232 e. The highest BCUT2D eigenvalue weighted by molar-refractivity contribution is 9.10. The van der Waals surface area contributed by atoms with Crippen molar-refractivity contribution in [1.82, 2.24) is 14.6 Å². The van der Waals surface area contributed by atoms with Crippen LogP contribution in [0.1, 0.15) is 17.1 Å². The van der Waals surface area contributed by atoms with E-state index in [1.807, 2.05) is 13.8 Å². The fourth-order valence-corrected chi connectivity index (χ4v) is 2.16. The molecular formula is C9H7BrCl3N3. The molecule has 2 aromatic heterocycles. The summed E-state index contributed by atoms with van der Waals surface area (Å²) in [6.07, 6.45) is 0. The molecule has 0 radical (unpaired) electrons. The Hall–Kier alpha value is -0.0300. The van der Waals surface area contributed by atoms with Gasteiger partial charge in [0, 0.05) is 5.69 Å². The van der Waals surface area contributed by atoms with E-state index in [4.69, 9.17) is 34.8 Å². The highest BCUT2D eigenvalue weighted by atomic mass is 79.9. The van der Waals surface area contributed by atoms with Crippen LogP contribution in [0.3, 0.4) is 0 Å². The van der Waals surface area contributed by atoms with Gasteiger partial charge in [0.2, 0.25) is 3.79 Å². The van der Waals surface area contributed by atoms with Crippen LogP contribution >= 0.6 is 50.7 Å². The second kappa shape index (κ2) is 4.02. The van der Waals surface area contributed by atoms with Gasteiger partial charge in [0.1, 0.15) is 0 Å². The van der Waals surface area contributed by atoms with Crippen molar-refractivity contribution in [3.8, 4) is 0 Å². The molecule has 0 aromatic carbocycles. The molecule has 7 heteroatoms. The second-order valence-corrected chi connectivity index (χ2v) is 6.49. The Morgan fingerprint density at radius 3 is 2.50 bits per heavy atom. The van der Waals surface area contributed by atoms with Crippen LogP contribution < -0.4 is 0 Å². The minimum Gasteiger partial charge on any atom is -0.233 e. The average Bonchev–Trinajstić information content (AvgIpc) is 2.42. The lowest BCUT2D eigenvalue weighted by molar-refractivity contribution is 0.840. The first-order valence-electron chi connectivity index (χ1n) is 4.40. The third kappa shape index (κ3) is 2.04. The summed E-state index contributed by atoms with van der Waals surface area (Å²) in [5.74, 6) is 0. The average molecular weight is 343 g/mol. The minimum atomic E-state index is -1.52. The minimum absolute atomic E-state index is 0.480. The maximum absolute atomic E-state index is 5.90. The van der Waals surface area contributed by atoms with Crippen LogP contribution in [0.2, 0.25) is 0 Å². The van der Waals surface area contributed by atoms with E-state index >= 15 is 0 Å². The Morgan fingerprint density at radius 2 is 1.94 bits per heavy atom. The first-order valence-corrected chi connectivity index (χ1v) is 6.33. The fraction of sp³-hybridized carbons (Fsp3) is 0.333. The molecule has 0 fully saturated rings. The Kier molecular flexibility index (Phi) is 3.12. The van der Waals surface area contributed by atoms with Crippen molar-refractivity contribution >= 4 is 56.4 Å². The van der Waals surface area contributed by atoms with Gasteiger partial charge in [0.15, 0.2) is 5.65 Å². The molecule has 2 heterocycles. The van der Waals surface area contributed by atoms with E-state index in [1.54, 1.807) is 10.6 Å². The van der Waals surface area contributed by atoms with Crippen LogP contribution in [-0.2, 0) is 3.79 Å². The number of rotatable bonds is 0. The first kappa shape index (κ1) is 12.4. The number of aromatic nitrogens is 3. The number of hydrogen-bond donors (Lipinski definition) is 0. The van der Waals surface area contributed by atoms with Crippen LogP contribution in [-0.4, -0.2) is 14.6 Å². The van der Waals surface area contributed by atoms with E-state index < -0.39 is 3.79 Å². The summed E-state index contributed by atoms with van der Waals surface area (Å²) < 4.78 is 0.829. The molecule has 0 unspecified atom stereocenters. The topological polar surface area (TPSA) is 30.2 Å². The highest BCUT2D eigenvalue weighted by Gasteiger charge is 2.28. The van der Waals surface area contributed by atoms with Gasteiger partial charge < -0.3 is 0 Å². The van der Waals surface area contributed by atoms with Gasteiger partial charge in [0.05, 0.1) is 15.9 Å². The number of nitrogens with zero attached hydrogens (tertiary/aromatic N) is 3. The molecule has 0 bridgehead atoms. The monoisotopic (exact) mass is 341 g/mol. The molecular weight excluding hydrogens is 336 g/mol. The lowest BCUT2D eigenvalue weighted by Crippen LogP contribution is -2.10. The van der Waals surface area contributed by atoms with Gasteiger partial charge in [-0.2, -0.15) is 5.10 Å². The molecule has 0 aliphatic heterocycles. The summed E-state index contributed by atoms with van der Waals surface area (Å²) in [4.78, 5) is 4.35. The van der Waals surface area contributed by atoms with Crippen molar-refractivity contribution in [2.24, 2.45) is 0 Å². The quantitative estimate of drug-likeness (QED) is 0.678. The standard InChI is InChI=1S/C9H7BrCl3N3/c1-4-3-6(9(11,12)13)16-8(14-4)7(10)5(2)15-16/h3H,1-2H3. The van der Waals surface area contributed by atoms with E-state index in [1.165, 1.54) is 0 Å². The van der Waals surface area contributed by atoms with Gasteiger partial charge in [-0.3, -0.25) is 0 Å². The summed E-state index contributed by atoms with van der Waals surface area (Å²) in [6, 6.07) is 1.71. The normalized spacial score (nSPS) is 12.4.